The lowest BCUT2D eigenvalue weighted by Gasteiger charge is -2.27. The summed E-state index contributed by atoms with van der Waals surface area (Å²) in [5, 5.41) is 0. The second kappa shape index (κ2) is 8.56. The van der Waals surface area contributed by atoms with Crippen molar-refractivity contribution in [2.24, 2.45) is 5.92 Å². The number of nitrogens with zero attached hydrogens (tertiary/aromatic N) is 1. The third-order valence-corrected chi connectivity index (χ3v) is 7.05. The van der Waals surface area contributed by atoms with E-state index in [1.54, 1.807) is 12.1 Å². The van der Waals surface area contributed by atoms with Gasteiger partial charge in [-0.05, 0) is 56.6 Å². The van der Waals surface area contributed by atoms with Gasteiger partial charge < -0.3 is 4.90 Å². The molecule has 1 heterocycles. The molecule has 1 N–H and O–H groups in total. The largest absolute Gasteiger partial charge is 0.339 e. The zero-order chi connectivity index (χ0) is 18.6. The molecule has 25 heavy (non-hydrogen) atoms. The Morgan fingerprint density at radius 2 is 1.80 bits per heavy atom. The molecule has 1 fully saturated rings. The molecule has 7 heteroatoms. The van der Waals surface area contributed by atoms with E-state index in [-0.39, 0.29) is 22.8 Å². The molecule has 0 spiro atoms. The fraction of sp³-hybridized carbons (Fsp3) is 0.611. The molecule has 1 aromatic rings. The van der Waals surface area contributed by atoms with Crippen LogP contribution >= 0.6 is 11.8 Å². The maximum atomic E-state index is 12.9. The second-order valence-electron chi connectivity index (χ2n) is 6.87. The molecule has 1 aliphatic rings. The van der Waals surface area contributed by atoms with Gasteiger partial charge in [0.05, 0.1) is 10.5 Å². The summed E-state index contributed by atoms with van der Waals surface area (Å²) >= 11 is 1.46. The molecule has 5 nitrogen and oxygen atoms in total. The first kappa shape index (κ1) is 20.3. The van der Waals surface area contributed by atoms with Crippen molar-refractivity contribution in [3.63, 3.8) is 0 Å². The number of thioether (sulfide) groups is 1. The molecule has 1 atom stereocenters. The first-order chi connectivity index (χ1) is 11.8. The first-order valence-corrected chi connectivity index (χ1v) is 11.5. The Morgan fingerprint density at radius 1 is 1.16 bits per heavy atom. The van der Waals surface area contributed by atoms with Crippen LogP contribution in [-0.2, 0) is 10.0 Å². The summed E-state index contributed by atoms with van der Waals surface area (Å²) in [5.74, 6) is 0.118. The summed E-state index contributed by atoms with van der Waals surface area (Å²) in [6, 6.07) is 4.66. The van der Waals surface area contributed by atoms with Gasteiger partial charge in [-0.3, -0.25) is 4.79 Å². The number of piperidine rings is 1. The van der Waals surface area contributed by atoms with Crippen LogP contribution in [0.3, 0.4) is 0 Å². The highest BCUT2D eigenvalue weighted by Gasteiger charge is 2.25. The summed E-state index contributed by atoms with van der Waals surface area (Å²) in [7, 11) is -3.65. The van der Waals surface area contributed by atoms with E-state index in [9.17, 15) is 13.2 Å². The highest BCUT2D eigenvalue weighted by Crippen LogP contribution is 2.26. The lowest BCUT2D eigenvalue weighted by molar-refractivity contribution is 0.0720. The highest BCUT2D eigenvalue weighted by molar-refractivity contribution is 7.98. The zero-order valence-corrected chi connectivity index (χ0v) is 17.0. The molecule has 1 saturated heterocycles. The van der Waals surface area contributed by atoms with Crippen LogP contribution in [0.5, 0.6) is 0 Å². The van der Waals surface area contributed by atoms with E-state index in [1.165, 1.54) is 17.8 Å². The van der Waals surface area contributed by atoms with Crippen molar-refractivity contribution in [1.29, 1.82) is 0 Å². The minimum absolute atomic E-state index is 0.0713. The fourth-order valence-corrected chi connectivity index (χ4v) is 4.73. The monoisotopic (exact) mass is 384 g/mol. The van der Waals surface area contributed by atoms with Crippen molar-refractivity contribution < 1.29 is 13.2 Å². The minimum Gasteiger partial charge on any atom is -0.339 e. The number of sulfonamides is 1. The van der Waals surface area contributed by atoms with Crippen LogP contribution in [-0.4, -0.2) is 44.6 Å². The maximum absolute atomic E-state index is 12.9. The molecular formula is C18H28N2O3S2. The number of carbonyl (C=O) groups is 1. The van der Waals surface area contributed by atoms with Gasteiger partial charge in [0.15, 0.2) is 0 Å². The van der Waals surface area contributed by atoms with Gasteiger partial charge in [-0.1, -0.05) is 13.8 Å². The summed E-state index contributed by atoms with van der Waals surface area (Å²) in [6.07, 6.45) is 5.05. The van der Waals surface area contributed by atoms with Crippen molar-refractivity contribution in [2.75, 3.05) is 19.3 Å². The number of carbonyl (C=O) groups excluding carboxylic acids is 1. The summed E-state index contributed by atoms with van der Waals surface area (Å²) < 4.78 is 28.0. The minimum atomic E-state index is -3.65. The summed E-state index contributed by atoms with van der Waals surface area (Å²) in [6.45, 7) is 7.27. The standard InChI is InChI=1S/C18H28N2O3S2/c1-13(2)14(3)19-25(22,23)15-8-9-17(24-4)16(12-15)18(21)20-10-6-5-7-11-20/h8-9,12-14,19H,5-7,10-11H2,1-4H3/t14-/m1/s1. The Bertz CT molecular complexity index is 711. The number of amides is 1. The van der Waals surface area contributed by atoms with Crippen LogP contribution in [0.4, 0.5) is 0 Å². The van der Waals surface area contributed by atoms with E-state index in [0.717, 1.165) is 37.2 Å². The Morgan fingerprint density at radius 3 is 2.36 bits per heavy atom. The molecule has 0 aliphatic carbocycles. The van der Waals surface area contributed by atoms with Crippen LogP contribution in [0.2, 0.25) is 0 Å². The average molecular weight is 385 g/mol. The smallest absolute Gasteiger partial charge is 0.255 e. The van der Waals surface area contributed by atoms with Crippen LogP contribution < -0.4 is 4.72 Å². The van der Waals surface area contributed by atoms with Crippen molar-refractivity contribution in [3.05, 3.63) is 23.8 Å². The Hall–Kier alpha value is -1.05. The van der Waals surface area contributed by atoms with E-state index >= 15 is 0 Å². The van der Waals surface area contributed by atoms with Crippen molar-refractivity contribution in [2.45, 2.75) is 55.9 Å². The quantitative estimate of drug-likeness (QED) is 0.764. The number of nitrogens with one attached hydrogen (secondary N) is 1. The number of likely N-dealkylation sites (tertiary alicyclic amines) is 1. The van der Waals surface area contributed by atoms with Gasteiger partial charge in [-0.2, -0.15) is 0 Å². The third-order valence-electron chi connectivity index (χ3n) is 4.70. The van der Waals surface area contributed by atoms with Gasteiger partial charge in [-0.25, -0.2) is 13.1 Å². The molecule has 0 radical (unpaired) electrons. The topological polar surface area (TPSA) is 66.5 Å². The molecule has 0 saturated carbocycles. The summed E-state index contributed by atoms with van der Waals surface area (Å²) in [4.78, 5) is 15.7. The molecule has 0 aromatic heterocycles. The van der Waals surface area contributed by atoms with Gasteiger partial charge in [0, 0.05) is 24.0 Å². The highest BCUT2D eigenvalue weighted by atomic mass is 32.2. The number of hydrogen-bond acceptors (Lipinski definition) is 4. The normalized spacial score (nSPS) is 16.9. The lowest BCUT2D eigenvalue weighted by Crippen LogP contribution is -2.37. The van der Waals surface area contributed by atoms with E-state index in [4.69, 9.17) is 0 Å². The van der Waals surface area contributed by atoms with E-state index in [2.05, 4.69) is 4.72 Å². The maximum Gasteiger partial charge on any atom is 0.255 e. The van der Waals surface area contributed by atoms with Crippen molar-refractivity contribution >= 4 is 27.7 Å². The second-order valence-corrected chi connectivity index (χ2v) is 9.43. The number of rotatable bonds is 6. The molecule has 2 rings (SSSR count). The van der Waals surface area contributed by atoms with Gasteiger partial charge >= 0.3 is 0 Å². The van der Waals surface area contributed by atoms with Crippen LogP contribution in [0, 0.1) is 5.92 Å². The molecule has 1 aromatic carbocycles. The Labute approximate surface area is 155 Å². The van der Waals surface area contributed by atoms with Gasteiger partial charge in [-0.15, -0.1) is 11.8 Å². The average Bonchev–Trinajstić information content (AvgIpc) is 2.60. The Balaban J connectivity index is 2.34. The van der Waals surface area contributed by atoms with Gasteiger partial charge in [0.1, 0.15) is 0 Å². The molecule has 1 aliphatic heterocycles. The van der Waals surface area contributed by atoms with Crippen LogP contribution in [0.25, 0.3) is 0 Å². The van der Waals surface area contributed by atoms with Crippen LogP contribution in [0.1, 0.15) is 50.4 Å². The van der Waals surface area contributed by atoms with Crippen molar-refractivity contribution in [3.8, 4) is 0 Å². The van der Waals surface area contributed by atoms with E-state index in [1.807, 2.05) is 31.9 Å². The van der Waals surface area contributed by atoms with Crippen LogP contribution in [0.15, 0.2) is 28.0 Å². The van der Waals surface area contributed by atoms with Gasteiger partial charge in [0.25, 0.3) is 5.91 Å². The first-order valence-electron chi connectivity index (χ1n) is 8.76. The molecule has 0 bridgehead atoms. The number of hydrogen-bond donors (Lipinski definition) is 1. The lowest BCUT2D eigenvalue weighted by atomic mass is 10.1. The number of benzene rings is 1. The van der Waals surface area contributed by atoms with E-state index in [0.29, 0.717) is 5.56 Å². The molecule has 140 valence electrons. The predicted molar refractivity (Wildman–Crippen MR) is 103 cm³/mol. The summed E-state index contributed by atoms with van der Waals surface area (Å²) in [5.41, 5.74) is 0.481. The molecule has 1 amide bonds. The molecular weight excluding hydrogens is 356 g/mol. The van der Waals surface area contributed by atoms with Gasteiger partial charge in [0.2, 0.25) is 10.0 Å². The SMILES string of the molecule is CSc1ccc(S(=O)(=O)N[C@H](C)C(C)C)cc1C(=O)N1CCCCC1. The van der Waals surface area contributed by atoms with Crippen molar-refractivity contribution in [1.82, 2.24) is 9.62 Å². The fourth-order valence-electron chi connectivity index (χ4n) is 2.74. The predicted octanol–water partition coefficient (Wildman–Crippen LogP) is 3.36. The third kappa shape index (κ3) is 4.99. The zero-order valence-electron chi connectivity index (χ0n) is 15.4. The Kier molecular flexibility index (Phi) is 6.93. The van der Waals surface area contributed by atoms with E-state index < -0.39 is 10.0 Å². The molecule has 0 unspecified atom stereocenters.